The minimum Gasteiger partial charge on any atom is -0.480 e. The second-order valence-corrected chi connectivity index (χ2v) is 12.9. The fraction of sp³-hybridized carbons (Fsp3) is 0.444. The summed E-state index contributed by atoms with van der Waals surface area (Å²) in [6.07, 6.45) is 1.50. The van der Waals surface area contributed by atoms with Gasteiger partial charge in [0, 0.05) is 19.5 Å². The highest BCUT2D eigenvalue weighted by Gasteiger charge is 2.38. The molecule has 0 fully saturated rings. The molecule has 0 saturated heterocycles. The third kappa shape index (κ3) is 18.5. The molecule has 55 heavy (non-hydrogen) atoms. The summed E-state index contributed by atoms with van der Waals surface area (Å²) in [5, 5.41) is 42.9. The van der Waals surface area contributed by atoms with Gasteiger partial charge in [-0.15, -0.1) is 0 Å². The van der Waals surface area contributed by atoms with E-state index in [1.807, 2.05) is 30.3 Å². The van der Waals surface area contributed by atoms with E-state index in [2.05, 4.69) is 21.3 Å². The van der Waals surface area contributed by atoms with Crippen LogP contribution < -0.4 is 44.2 Å². The molecular formula is C36H55N11O8. The summed E-state index contributed by atoms with van der Waals surface area (Å²) < 4.78 is 0. The Kier molecular flexibility index (Phi) is 21.4. The van der Waals surface area contributed by atoms with Crippen molar-refractivity contribution in [2.45, 2.75) is 82.6 Å². The highest BCUT2D eigenvalue weighted by atomic mass is 16.4. The maximum Gasteiger partial charge on any atom is 0.326 e. The van der Waals surface area contributed by atoms with E-state index in [0.29, 0.717) is 36.1 Å². The highest BCUT2D eigenvalue weighted by molar-refractivity contribution is 6.02. The van der Waals surface area contributed by atoms with Crippen molar-refractivity contribution >= 4 is 48.0 Å². The first-order chi connectivity index (χ1) is 26.0. The van der Waals surface area contributed by atoms with Crippen LogP contribution in [0.5, 0.6) is 0 Å². The minimum absolute atomic E-state index is 0.0270. The molecule has 0 heterocycles. The minimum atomic E-state index is -1.43. The number of hydrogen-bond acceptors (Lipinski definition) is 10. The van der Waals surface area contributed by atoms with Crippen molar-refractivity contribution in [1.82, 2.24) is 26.2 Å². The zero-order valence-corrected chi connectivity index (χ0v) is 31.1. The number of nitrogens with one attached hydrogen (secondary N) is 6. The Labute approximate surface area is 320 Å². The molecule has 5 atom stereocenters. The van der Waals surface area contributed by atoms with E-state index in [1.165, 1.54) is 0 Å². The number of carboxylic acids is 2. The molecule has 302 valence electrons. The lowest BCUT2D eigenvalue weighted by molar-refractivity contribution is -0.140. The van der Waals surface area contributed by atoms with Gasteiger partial charge in [0.05, 0.1) is 12.1 Å². The van der Waals surface area contributed by atoms with Gasteiger partial charge >= 0.3 is 18.0 Å². The molecule has 0 unspecified atom stereocenters. The third-order valence-electron chi connectivity index (χ3n) is 8.01. The largest absolute Gasteiger partial charge is 0.480 e. The fourth-order valence-electron chi connectivity index (χ4n) is 5.03. The van der Waals surface area contributed by atoms with Crippen molar-refractivity contribution < 1.29 is 39.0 Å². The van der Waals surface area contributed by atoms with Crippen molar-refractivity contribution in [2.75, 3.05) is 13.1 Å². The van der Waals surface area contributed by atoms with Gasteiger partial charge in [-0.2, -0.15) is 0 Å². The number of rotatable bonds is 21. The maximum atomic E-state index is 13.9. The summed E-state index contributed by atoms with van der Waals surface area (Å²) in [4.78, 5) is 75.5. The lowest BCUT2D eigenvalue weighted by Crippen LogP contribution is -2.61. The molecule has 0 aliphatic rings. The Hall–Kier alpha value is -6.08. The van der Waals surface area contributed by atoms with Crippen LogP contribution in [-0.4, -0.2) is 106 Å². The number of urea groups is 1. The van der Waals surface area contributed by atoms with Crippen molar-refractivity contribution in [3.8, 4) is 0 Å². The summed E-state index contributed by atoms with van der Waals surface area (Å²) >= 11 is 0. The van der Waals surface area contributed by atoms with E-state index in [9.17, 15) is 33.9 Å². The molecule has 0 aromatic heterocycles. The normalized spacial score (nSPS) is 13.3. The topological polar surface area (TPSA) is 346 Å². The average molecular weight is 770 g/mol. The number of carboxylic acid groups (broad SMARTS) is 2. The first kappa shape index (κ1) is 46.9. The molecule has 0 spiro atoms. The van der Waals surface area contributed by atoms with Crippen LogP contribution in [0.25, 0.3) is 0 Å². The number of amides is 4. The van der Waals surface area contributed by atoms with Gasteiger partial charge in [0.15, 0.2) is 11.9 Å². The van der Waals surface area contributed by atoms with Gasteiger partial charge in [-0.05, 0) is 49.1 Å². The maximum absolute atomic E-state index is 13.9. The van der Waals surface area contributed by atoms with Gasteiger partial charge in [-0.3, -0.25) is 30.1 Å². The number of benzene rings is 2. The van der Waals surface area contributed by atoms with Gasteiger partial charge in [0.25, 0.3) is 5.91 Å². The van der Waals surface area contributed by atoms with Crippen LogP contribution in [0.3, 0.4) is 0 Å². The smallest absolute Gasteiger partial charge is 0.326 e. The zero-order valence-electron chi connectivity index (χ0n) is 31.1. The molecule has 0 radical (unpaired) electrons. The van der Waals surface area contributed by atoms with E-state index in [-0.39, 0.29) is 44.1 Å². The van der Waals surface area contributed by atoms with Crippen LogP contribution in [-0.2, 0) is 36.8 Å². The van der Waals surface area contributed by atoms with Gasteiger partial charge in [-0.1, -0.05) is 74.5 Å². The fourth-order valence-corrected chi connectivity index (χ4v) is 5.03. The number of carbonyl (C=O) groups is 6. The summed E-state index contributed by atoms with van der Waals surface area (Å²) in [5.74, 6) is -4.98. The molecule has 2 aromatic rings. The van der Waals surface area contributed by atoms with Crippen molar-refractivity contribution in [3.05, 3.63) is 71.8 Å². The monoisotopic (exact) mass is 769 g/mol. The van der Waals surface area contributed by atoms with Crippen LogP contribution >= 0.6 is 0 Å². The van der Waals surface area contributed by atoms with Gasteiger partial charge in [-0.25, -0.2) is 9.59 Å². The summed E-state index contributed by atoms with van der Waals surface area (Å²) in [5.41, 5.74) is 23.4. The predicted octanol–water partition coefficient (Wildman–Crippen LogP) is -0.576. The Balaban J connectivity index is 0.00000106. The standard InChI is InChI=1S/C27H44N10O6.C9H11NO2/c1-16(2)21(36-22(39)19(28)11-7-13-34-26(31)32)23(40)37(18(15-38)10-6-12-33-25(29)30)27(43)35-20(24(41)42)14-17-8-4-3-5-9-17;10-8(9(11)12)6-7-4-2-1-3-5-7/h3-5,8-9,15-16,18-21H,6-7,10-14,28H2,1-2H3,(H,35,43)(H,36,39)(H,41,42)(H4,29,30,33)(H4,31,32,34);1-5,8H,6,10H2,(H,11,12)/t18-,19-,20-,21-;8-/m00/s1. The lowest BCUT2D eigenvalue weighted by atomic mass is 10.00. The van der Waals surface area contributed by atoms with Crippen molar-refractivity contribution in [3.63, 3.8) is 0 Å². The van der Waals surface area contributed by atoms with Crippen LogP contribution in [0.1, 0.15) is 50.7 Å². The Bertz CT molecular complexity index is 1560. The van der Waals surface area contributed by atoms with E-state index in [4.69, 9.17) is 38.9 Å². The first-order valence-electron chi connectivity index (χ1n) is 17.6. The molecule has 2 rings (SSSR count). The lowest BCUT2D eigenvalue weighted by Gasteiger charge is -2.33. The van der Waals surface area contributed by atoms with E-state index < -0.39 is 65.9 Å². The number of aliphatic carboxylic acids is 2. The molecular weight excluding hydrogens is 714 g/mol. The Morgan fingerprint density at radius 2 is 1.24 bits per heavy atom. The molecule has 0 aliphatic heterocycles. The molecule has 19 heteroatoms. The second kappa shape index (κ2) is 25.0. The SMILES string of the molecule is CC(C)[C@H](NC(=O)[C@@H](N)CCCNC(=N)N)C(=O)N(C(=O)N[C@@H](Cc1ccccc1)C(=O)O)[C@H](C=O)CCCNC(=N)N.N[C@@H](Cc1ccccc1)C(=O)O. The molecule has 16 N–H and O–H groups in total. The molecule has 4 amide bonds. The number of nitrogens with two attached hydrogens (primary N) is 4. The summed E-state index contributed by atoms with van der Waals surface area (Å²) in [6, 6.07) is 10.9. The van der Waals surface area contributed by atoms with Crippen LogP contribution in [0, 0.1) is 16.7 Å². The predicted molar refractivity (Wildman–Crippen MR) is 206 cm³/mol. The van der Waals surface area contributed by atoms with E-state index in [1.54, 1.807) is 44.2 Å². The zero-order chi connectivity index (χ0) is 41.5. The average Bonchev–Trinajstić information content (AvgIpc) is 3.13. The van der Waals surface area contributed by atoms with E-state index in [0.717, 1.165) is 5.56 Å². The van der Waals surface area contributed by atoms with Crippen LogP contribution in [0.2, 0.25) is 0 Å². The number of aldehydes is 1. The van der Waals surface area contributed by atoms with Crippen molar-refractivity contribution in [1.29, 1.82) is 10.8 Å². The third-order valence-corrected chi connectivity index (χ3v) is 8.01. The Morgan fingerprint density at radius 1 is 0.745 bits per heavy atom. The number of guanidine groups is 2. The summed E-state index contributed by atoms with van der Waals surface area (Å²) in [7, 11) is 0. The quantitative estimate of drug-likeness (QED) is 0.0327. The van der Waals surface area contributed by atoms with Crippen LogP contribution in [0.15, 0.2) is 60.7 Å². The van der Waals surface area contributed by atoms with Crippen molar-refractivity contribution in [2.24, 2.45) is 28.9 Å². The van der Waals surface area contributed by atoms with Gasteiger partial charge < -0.3 is 59.2 Å². The molecule has 0 bridgehead atoms. The first-order valence-corrected chi connectivity index (χ1v) is 17.6. The van der Waals surface area contributed by atoms with Gasteiger partial charge in [0.1, 0.15) is 24.4 Å². The molecule has 0 saturated carbocycles. The van der Waals surface area contributed by atoms with E-state index >= 15 is 0 Å². The highest BCUT2D eigenvalue weighted by Crippen LogP contribution is 2.15. The Morgan fingerprint density at radius 3 is 1.67 bits per heavy atom. The number of nitrogens with zero attached hydrogens (tertiary/aromatic N) is 1. The van der Waals surface area contributed by atoms with Crippen LogP contribution in [0.4, 0.5) is 4.79 Å². The van der Waals surface area contributed by atoms with Gasteiger partial charge in [0.2, 0.25) is 5.91 Å². The number of carbonyl (C=O) groups excluding carboxylic acids is 4. The number of imide groups is 1. The molecule has 19 nitrogen and oxygen atoms in total. The second-order valence-electron chi connectivity index (χ2n) is 12.9. The molecule has 2 aromatic carbocycles. The molecule has 0 aliphatic carbocycles. The summed E-state index contributed by atoms with van der Waals surface area (Å²) in [6.45, 7) is 3.74. The number of hydrogen-bond donors (Lipinski definition) is 12.